The van der Waals surface area contributed by atoms with Crippen molar-refractivity contribution in [2.75, 3.05) is 50.0 Å². The van der Waals surface area contributed by atoms with Crippen molar-refractivity contribution >= 4 is 54.0 Å². The summed E-state index contributed by atoms with van der Waals surface area (Å²) in [7, 11) is -3.57. The van der Waals surface area contributed by atoms with Crippen LogP contribution in [0.25, 0.3) is 10.2 Å². The maximum atomic E-state index is 13.8. The number of rotatable bonds is 7. The van der Waals surface area contributed by atoms with Crippen molar-refractivity contribution in [2.24, 2.45) is 0 Å². The smallest absolute Gasteiger partial charge is 0.261 e. The van der Waals surface area contributed by atoms with Crippen LogP contribution in [0.4, 0.5) is 5.13 Å². The molecule has 7 nitrogen and oxygen atoms in total. The Labute approximate surface area is 202 Å². The van der Waals surface area contributed by atoms with Crippen molar-refractivity contribution in [2.45, 2.75) is 18.7 Å². The van der Waals surface area contributed by atoms with Crippen molar-refractivity contribution in [3.63, 3.8) is 0 Å². The second-order valence-corrected chi connectivity index (χ2v) is 11.6. The average molecular weight is 508 g/mol. The number of hydrogen-bond donors (Lipinski definition) is 0. The van der Waals surface area contributed by atoms with Crippen LogP contribution in [0.2, 0.25) is 5.02 Å². The number of carbonyl (C=O) groups excluding carboxylic acids is 1. The van der Waals surface area contributed by atoms with Gasteiger partial charge in [0.1, 0.15) is 0 Å². The third-order valence-electron chi connectivity index (χ3n) is 5.69. The third kappa shape index (κ3) is 5.22. The molecule has 33 heavy (non-hydrogen) atoms. The minimum atomic E-state index is -3.57. The van der Waals surface area contributed by atoms with E-state index in [0.29, 0.717) is 36.5 Å². The van der Waals surface area contributed by atoms with Gasteiger partial charge in [0.05, 0.1) is 39.6 Å². The Balaban J connectivity index is 1.75. The summed E-state index contributed by atoms with van der Waals surface area (Å²) in [5.41, 5.74) is 1.88. The van der Waals surface area contributed by atoms with Crippen LogP contribution in [-0.2, 0) is 14.6 Å². The van der Waals surface area contributed by atoms with Gasteiger partial charge >= 0.3 is 0 Å². The standard InChI is InChI=1S/C23H26ClN3O4S2/c1-3-33(29,30)20-7-5-4-6-18(20)22(28)27(9-8-26-10-12-31-13-11-26)23-25-21-16(2)14-17(24)15-19(21)32-23/h4-7,14-15H,3,8-13H2,1-2H3. The normalized spacial score (nSPS) is 15.1. The number of aryl methyl sites for hydroxylation is 1. The first-order valence-corrected chi connectivity index (χ1v) is 13.7. The number of carbonyl (C=O) groups is 1. The second-order valence-electron chi connectivity index (χ2n) is 7.88. The van der Waals surface area contributed by atoms with Crippen LogP contribution in [0.15, 0.2) is 41.3 Å². The highest BCUT2D eigenvalue weighted by Crippen LogP contribution is 2.34. The van der Waals surface area contributed by atoms with Crippen LogP contribution in [-0.4, -0.2) is 69.4 Å². The van der Waals surface area contributed by atoms with E-state index in [4.69, 9.17) is 21.3 Å². The molecule has 1 aromatic heterocycles. The number of hydrogen-bond acceptors (Lipinski definition) is 7. The van der Waals surface area contributed by atoms with Crippen molar-refractivity contribution in [1.82, 2.24) is 9.88 Å². The van der Waals surface area contributed by atoms with Gasteiger partial charge < -0.3 is 4.74 Å². The molecule has 1 saturated heterocycles. The molecule has 2 heterocycles. The summed E-state index contributed by atoms with van der Waals surface area (Å²) in [6.07, 6.45) is 0. The maximum absolute atomic E-state index is 13.8. The van der Waals surface area contributed by atoms with Gasteiger partial charge in [-0.05, 0) is 36.8 Å². The number of anilines is 1. The third-order valence-corrected chi connectivity index (χ3v) is 8.72. The van der Waals surface area contributed by atoms with Crippen molar-refractivity contribution in [1.29, 1.82) is 0 Å². The van der Waals surface area contributed by atoms with E-state index in [9.17, 15) is 13.2 Å². The number of aromatic nitrogens is 1. The predicted molar refractivity (Wildman–Crippen MR) is 132 cm³/mol. The minimum Gasteiger partial charge on any atom is -0.379 e. The zero-order valence-electron chi connectivity index (χ0n) is 18.6. The van der Waals surface area contributed by atoms with Gasteiger partial charge in [-0.15, -0.1) is 0 Å². The van der Waals surface area contributed by atoms with Crippen molar-refractivity contribution in [3.8, 4) is 0 Å². The number of sulfone groups is 1. The molecule has 10 heteroatoms. The summed E-state index contributed by atoms with van der Waals surface area (Å²) in [4.78, 5) is 22.4. The molecule has 0 radical (unpaired) electrons. The lowest BCUT2D eigenvalue weighted by molar-refractivity contribution is 0.0391. The molecule has 0 saturated carbocycles. The second kappa shape index (κ2) is 10.1. The lowest BCUT2D eigenvalue weighted by atomic mass is 10.2. The first kappa shape index (κ1) is 24.1. The molecule has 0 aliphatic carbocycles. The van der Waals surface area contributed by atoms with Crippen molar-refractivity contribution in [3.05, 3.63) is 52.5 Å². The molecular weight excluding hydrogens is 482 g/mol. The lowest BCUT2D eigenvalue weighted by Gasteiger charge is -2.29. The molecule has 0 atom stereocenters. The Morgan fingerprint density at radius 3 is 2.70 bits per heavy atom. The Morgan fingerprint density at radius 1 is 1.24 bits per heavy atom. The molecule has 1 amide bonds. The van der Waals surface area contributed by atoms with Crippen LogP contribution >= 0.6 is 22.9 Å². The summed E-state index contributed by atoms with van der Waals surface area (Å²) >= 11 is 7.61. The topological polar surface area (TPSA) is 79.8 Å². The number of nitrogens with zero attached hydrogens (tertiary/aromatic N) is 3. The minimum absolute atomic E-state index is 0.0502. The Hall–Kier alpha value is -2.04. The van der Waals surface area contributed by atoms with Gasteiger partial charge in [0.15, 0.2) is 15.0 Å². The number of halogens is 1. The molecule has 1 aliphatic rings. The van der Waals surface area contributed by atoms with Crippen LogP contribution in [0, 0.1) is 6.92 Å². The predicted octanol–water partition coefficient (Wildman–Crippen LogP) is 4.03. The molecular formula is C23H26ClN3O4S2. The summed E-state index contributed by atoms with van der Waals surface area (Å²) < 4.78 is 31.7. The van der Waals surface area contributed by atoms with Gasteiger partial charge in [-0.25, -0.2) is 13.4 Å². The number of thiazole rings is 1. The quantitative estimate of drug-likeness (QED) is 0.480. The Bertz CT molecular complexity index is 1270. The van der Waals surface area contributed by atoms with Crippen LogP contribution in [0.1, 0.15) is 22.8 Å². The van der Waals surface area contributed by atoms with Gasteiger partial charge in [-0.3, -0.25) is 14.6 Å². The molecule has 4 rings (SSSR count). The van der Waals surface area contributed by atoms with E-state index in [1.54, 1.807) is 30.0 Å². The van der Waals surface area contributed by atoms with E-state index in [2.05, 4.69) is 4.90 Å². The number of fused-ring (bicyclic) bond motifs is 1. The van der Waals surface area contributed by atoms with E-state index in [0.717, 1.165) is 28.9 Å². The summed E-state index contributed by atoms with van der Waals surface area (Å²) in [5, 5.41) is 1.14. The zero-order valence-corrected chi connectivity index (χ0v) is 21.0. The highest BCUT2D eigenvalue weighted by molar-refractivity contribution is 7.91. The molecule has 3 aromatic rings. The molecule has 0 unspecified atom stereocenters. The largest absolute Gasteiger partial charge is 0.379 e. The monoisotopic (exact) mass is 507 g/mol. The summed E-state index contributed by atoms with van der Waals surface area (Å²) in [5.74, 6) is -0.456. The molecule has 176 valence electrons. The summed E-state index contributed by atoms with van der Waals surface area (Å²) in [6, 6.07) is 10.1. The fraction of sp³-hybridized carbons (Fsp3) is 0.391. The molecule has 0 N–H and O–H groups in total. The number of benzene rings is 2. The number of amides is 1. The van der Waals surface area contributed by atoms with Gasteiger partial charge in [0.2, 0.25) is 0 Å². The SMILES string of the molecule is CCS(=O)(=O)c1ccccc1C(=O)N(CCN1CCOCC1)c1nc2c(C)cc(Cl)cc2s1. The first-order chi connectivity index (χ1) is 15.8. The van der Waals surface area contributed by atoms with E-state index in [1.165, 1.54) is 17.4 Å². The zero-order chi connectivity index (χ0) is 23.6. The van der Waals surface area contributed by atoms with Gasteiger partial charge in [-0.2, -0.15) is 0 Å². The van der Waals surface area contributed by atoms with Crippen LogP contribution in [0.3, 0.4) is 0 Å². The molecule has 2 aromatic carbocycles. The Morgan fingerprint density at radius 2 is 1.97 bits per heavy atom. The fourth-order valence-corrected chi connectivity index (χ4v) is 6.36. The van der Waals surface area contributed by atoms with Crippen LogP contribution < -0.4 is 4.90 Å². The first-order valence-electron chi connectivity index (χ1n) is 10.8. The highest BCUT2D eigenvalue weighted by Gasteiger charge is 2.28. The van der Waals surface area contributed by atoms with Crippen molar-refractivity contribution < 1.29 is 17.9 Å². The maximum Gasteiger partial charge on any atom is 0.261 e. The number of ether oxygens (including phenoxy) is 1. The van der Waals surface area contributed by atoms with E-state index >= 15 is 0 Å². The van der Waals surface area contributed by atoms with E-state index < -0.39 is 9.84 Å². The molecule has 1 aliphatic heterocycles. The summed E-state index contributed by atoms with van der Waals surface area (Å²) in [6.45, 7) is 7.41. The number of morpholine rings is 1. The average Bonchev–Trinajstić information content (AvgIpc) is 3.24. The van der Waals surface area contributed by atoms with E-state index in [1.807, 2.05) is 19.1 Å². The van der Waals surface area contributed by atoms with E-state index in [-0.39, 0.29) is 22.1 Å². The molecule has 0 bridgehead atoms. The highest BCUT2D eigenvalue weighted by atomic mass is 35.5. The molecule has 0 spiro atoms. The van der Waals surface area contributed by atoms with Gasteiger partial charge in [0, 0.05) is 31.2 Å². The molecule has 1 fully saturated rings. The van der Waals surface area contributed by atoms with Crippen LogP contribution in [0.5, 0.6) is 0 Å². The fourth-order valence-electron chi connectivity index (χ4n) is 3.82. The lowest BCUT2D eigenvalue weighted by Crippen LogP contribution is -2.43. The van der Waals surface area contributed by atoms with Gasteiger partial charge in [0.25, 0.3) is 5.91 Å². The van der Waals surface area contributed by atoms with Gasteiger partial charge in [-0.1, -0.05) is 42.0 Å². The Kier molecular flexibility index (Phi) is 7.35.